The van der Waals surface area contributed by atoms with Crippen LogP contribution < -0.4 is 10.6 Å². The molecular formula is C16H24N2O3. The standard InChI is InChI=1S/C16H24N2O3/c1-3-13-6-8-14(9-7-13)12-18-16(20)15(19)17-10-5-11-21-4-2/h6-9H,3-5,10-12H2,1-2H3,(H,17,19)(H,18,20). The van der Waals surface area contributed by atoms with E-state index in [1.807, 2.05) is 31.2 Å². The molecule has 5 heteroatoms. The van der Waals surface area contributed by atoms with Gasteiger partial charge < -0.3 is 15.4 Å². The molecule has 0 unspecified atom stereocenters. The van der Waals surface area contributed by atoms with E-state index in [2.05, 4.69) is 17.6 Å². The van der Waals surface area contributed by atoms with Crippen molar-refractivity contribution in [2.24, 2.45) is 0 Å². The van der Waals surface area contributed by atoms with Crippen LogP contribution in [0.25, 0.3) is 0 Å². The Bertz CT molecular complexity index is 443. The van der Waals surface area contributed by atoms with Gasteiger partial charge in [-0.3, -0.25) is 9.59 Å². The van der Waals surface area contributed by atoms with Crippen molar-refractivity contribution in [3.8, 4) is 0 Å². The number of hydrogen-bond donors (Lipinski definition) is 2. The monoisotopic (exact) mass is 292 g/mol. The second-order valence-electron chi connectivity index (χ2n) is 4.66. The highest BCUT2D eigenvalue weighted by Gasteiger charge is 2.11. The molecule has 2 N–H and O–H groups in total. The first-order chi connectivity index (χ1) is 10.2. The highest BCUT2D eigenvalue weighted by molar-refractivity contribution is 6.35. The molecule has 2 amide bonds. The zero-order valence-corrected chi connectivity index (χ0v) is 12.8. The van der Waals surface area contributed by atoms with E-state index in [9.17, 15) is 9.59 Å². The van der Waals surface area contributed by atoms with E-state index in [0.29, 0.717) is 32.7 Å². The topological polar surface area (TPSA) is 67.4 Å². The smallest absolute Gasteiger partial charge is 0.309 e. The van der Waals surface area contributed by atoms with Crippen LogP contribution in [0.4, 0.5) is 0 Å². The van der Waals surface area contributed by atoms with Gasteiger partial charge in [-0.2, -0.15) is 0 Å². The Balaban J connectivity index is 2.24. The number of ether oxygens (including phenoxy) is 1. The van der Waals surface area contributed by atoms with Crippen LogP contribution in [0.1, 0.15) is 31.4 Å². The molecule has 0 saturated heterocycles. The maximum absolute atomic E-state index is 11.6. The van der Waals surface area contributed by atoms with Gasteiger partial charge in [-0.1, -0.05) is 31.2 Å². The van der Waals surface area contributed by atoms with Crippen molar-refractivity contribution in [2.45, 2.75) is 33.2 Å². The van der Waals surface area contributed by atoms with Crippen molar-refractivity contribution in [1.29, 1.82) is 0 Å². The molecule has 0 aliphatic carbocycles. The van der Waals surface area contributed by atoms with E-state index in [0.717, 1.165) is 12.0 Å². The highest BCUT2D eigenvalue weighted by Crippen LogP contribution is 2.04. The second-order valence-corrected chi connectivity index (χ2v) is 4.66. The van der Waals surface area contributed by atoms with E-state index in [4.69, 9.17) is 4.74 Å². The van der Waals surface area contributed by atoms with Crippen molar-refractivity contribution in [3.05, 3.63) is 35.4 Å². The molecule has 0 spiro atoms. The fourth-order valence-electron chi connectivity index (χ4n) is 1.76. The van der Waals surface area contributed by atoms with Crippen LogP contribution >= 0.6 is 0 Å². The third-order valence-corrected chi connectivity index (χ3v) is 3.05. The van der Waals surface area contributed by atoms with Crippen molar-refractivity contribution >= 4 is 11.8 Å². The fourth-order valence-corrected chi connectivity index (χ4v) is 1.76. The van der Waals surface area contributed by atoms with E-state index in [-0.39, 0.29) is 0 Å². The Morgan fingerprint density at radius 1 is 1.00 bits per heavy atom. The summed E-state index contributed by atoms with van der Waals surface area (Å²) in [5.74, 6) is -1.21. The minimum atomic E-state index is -0.606. The molecule has 0 atom stereocenters. The van der Waals surface area contributed by atoms with Gasteiger partial charge in [0, 0.05) is 26.3 Å². The Labute approximate surface area is 126 Å². The minimum absolute atomic E-state index is 0.356. The number of aryl methyl sites for hydroxylation is 1. The second kappa shape index (κ2) is 9.94. The van der Waals surface area contributed by atoms with Gasteiger partial charge in [-0.25, -0.2) is 0 Å². The van der Waals surface area contributed by atoms with Gasteiger partial charge in [0.15, 0.2) is 0 Å². The first kappa shape index (κ1) is 17.2. The number of benzene rings is 1. The van der Waals surface area contributed by atoms with E-state index in [1.165, 1.54) is 5.56 Å². The molecule has 0 radical (unpaired) electrons. The number of amides is 2. The summed E-state index contributed by atoms with van der Waals surface area (Å²) in [4.78, 5) is 23.1. The fraction of sp³-hybridized carbons (Fsp3) is 0.500. The lowest BCUT2D eigenvalue weighted by Gasteiger charge is -2.07. The van der Waals surface area contributed by atoms with Crippen molar-refractivity contribution in [3.63, 3.8) is 0 Å². The molecule has 5 nitrogen and oxygen atoms in total. The SMILES string of the molecule is CCOCCCNC(=O)C(=O)NCc1ccc(CC)cc1. The quantitative estimate of drug-likeness (QED) is 0.562. The molecule has 1 aromatic rings. The molecule has 0 aliphatic heterocycles. The molecule has 1 rings (SSSR count). The maximum Gasteiger partial charge on any atom is 0.309 e. The molecule has 0 aromatic heterocycles. The number of hydrogen-bond acceptors (Lipinski definition) is 3. The number of carbonyl (C=O) groups excluding carboxylic acids is 2. The molecule has 0 aliphatic rings. The lowest BCUT2D eigenvalue weighted by atomic mass is 10.1. The summed E-state index contributed by atoms with van der Waals surface area (Å²) >= 11 is 0. The summed E-state index contributed by atoms with van der Waals surface area (Å²) in [7, 11) is 0. The first-order valence-corrected chi connectivity index (χ1v) is 7.39. The molecule has 21 heavy (non-hydrogen) atoms. The van der Waals surface area contributed by atoms with Crippen molar-refractivity contribution < 1.29 is 14.3 Å². The molecule has 1 aromatic carbocycles. The number of carbonyl (C=O) groups is 2. The Hall–Kier alpha value is -1.88. The Morgan fingerprint density at radius 2 is 1.62 bits per heavy atom. The summed E-state index contributed by atoms with van der Waals surface area (Å²) < 4.78 is 5.15. The van der Waals surface area contributed by atoms with Gasteiger partial charge >= 0.3 is 11.8 Å². The molecule has 0 fully saturated rings. The van der Waals surface area contributed by atoms with E-state index >= 15 is 0 Å². The lowest BCUT2D eigenvalue weighted by molar-refractivity contribution is -0.139. The third kappa shape index (κ3) is 6.90. The zero-order valence-electron chi connectivity index (χ0n) is 12.8. The Kier molecular flexibility index (Phi) is 8.12. The molecule has 116 valence electrons. The van der Waals surface area contributed by atoms with Crippen LogP contribution in [0, 0.1) is 0 Å². The van der Waals surface area contributed by atoms with Crippen LogP contribution in [0.5, 0.6) is 0 Å². The average molecular weight is 292 g/mol. The molecule has 0 saturated carbocycles. The average Bonchev–Trinajstić information content (AvgIpc) is 2.52. The van der Waals surface area contributed by atoms with Crippen LogP contribution in [0.2, 0.25) is 0 Å². The summed E-state index contributed by atoms with van der Waals surface area (Å²) in [5, 5.41) is 5.17. The van der Waals surface area contributed by atoms with Gasteiger partial charge in [0.25, 0.3) is 0 Å². The normalized spacial score (nSPS) is 10.2. The van der Waals surface area contributed by atoms with E-state index in [1.54, 1.807) is 0 Å². The third-order valence-electron chi connectivity index (χ3n) is 3.05. The summed E-state index contributed by atoms with van der Waals surface area (Å²) in [5.41, 5.74) is 2.22. The van der Waals surface area contributed by atoms with Gasteiger partial charge in [-0.05, 0) is 30.9 Å². The Morgan fingerprint density at radius 3 is 2.24 bits per heavy atom. The zero-order chi connectivity index (χ0) is 15.5. The summed E-state index contributed by atoms with van der Waals surface area (Å²) in [6, 6.07) is 7.96. The van der Waals surface area contributed by atoms with Gasteiger partial charge in [-0.15, -0.1) is 0 Å². The summed E-state index contributed by atoms with van der Waals surface area (Å²) in [6.45, 7) is 6.05. The predicted molar refractivity (Wildman–Crippen MR) is 81.8 cm³/mol. The minimum Gasteiger partial charge on any atom is -0.382 e. The van der Waals surface area contributed by atoms with Gasteiger partial charge in [0.2, 0.25) is 0 Å². The maximum atomic E-state index is 11.6. The predicted octanol–water partition coefficient (Wildman–Crippen LogP) is 1.41. The number of rotatable bonds is 8. The van der Waals surface area contributed by atoms with Crippen LogP contribution in [-0.2, 0) is 27.3 Å². The number of nitrogens with one attached hydrogen (secondary N) is 2. The molecule has 0 heterocycles. The first-order valence-electron chi connectivity index (χ1n) is 7.39. The van der Waals surface area contributed by atoms with Crippen LogP contribution in [0.15, 0.2) is 24.3 Å². The van der Waals surface area contributed by atoms with Gasteiger partial charge in [0.1, 0.15) is 0 Å². The highest BCUT2D eigenvalue weighted by atomic mass is 16.5. The van der Waals surface area contributed by atoms with Crippen molar-refractivity contribution in [2.75, 3.05) is 19.8 Å². The largest absolute Gasteiger partial charge is 0.382 e. The van der Waals surface area contributed by atoms with E-state index < -0.39 is 11.8 Å². The summed E-state index contributed by atoms with van der Waals surface area (Å²) in [6.07, 6.45) is 1.68. The molecule has 0 bridgehead atoms. The van der Waals surface area contributed by atoms with Crippen LogP contribution in [-0.4, -0.2) is 31.6 Å². The molecular weight excluding hydrogens is 268 g/mol. The van der Waals surface area contributed by atoms with Crippen molar-refractivity contribution in [1.82, 2.24) is 10.6 Å². The van der Waals surface area contributed by atoms with Gasteiger partial charge in [0.05, 0.1) is 0 Å². The van der Waals surface area contributed by atoms with Crippen LogP contribution in [0.3, 0.4) is 0 Å². The lowest BCUT2D eigenvalue weighted by Crippen LogP contribution is -2.40.